The number of anilines is 1. The van der Waals surface area contributed by atoms with E-state index in [1.165, 1.54) is 36.5 Å². The fourth-order valence-corrected chi connectivity index (χ4v) is 3.07. The van der Waals surface area contributed by atoms with Gasteiger partial charge in [-0.25, -0.2) is 4.39 Å². The number of nitrogens with zero attached hydrogens (tertiary/aromatic N) is 1. The number of alkyl halides is 3. The van der Waals surface area contributed by atoms with Crippen LogP contribution < -0.4 is 10.7 Å². The van der Waals surface area contributed by atoms with Crippen LogP contribution in [0.25, 0.3) is 21.8 Å². The fraction of sp³-hybridized carbons (Fsp3) is 0.0500. The van der Waals surface area contributed by atoms with Gasteiger partial charge >= 0.3 is 6.18 Å². The van der Waals surface area contributed by atoms with Gasteiger partial charge in [-0.2, -0.15) is 13.2 Å². The van der Waals surface area contributed by atoms with Crippen molar-refractivity contribution < 1.29 is 22.4 Å². The van der Waals surface area contributed by atoms with Gasteiger partial charge in [-0.1, -0.05) is 6.07 Å². The predicted octanol–water partition coefficient (Wildman–Crippen LogP) is 4.49. The van der Waals surface area contributed by atoms with Crippen molar-refractivity contribution in [1.29, 1.82) is 0 Å². The summed E-state index contributed by atoms with van der Waals surface area (Å²) in [4.78, 5) is 31.7. The molecule has 5 nitrogen and oxygen atoms in total. The van der Waals surface area contributed by atoms with Crippen LogP contribution >= 0.6 is 0 Å². The third-order valence-corrected chi connectivity index (χ3v) is 4.42. The first kappa shape index (κ1) is 18.6. The largest absolute Gasteiger partial charge is 0.418 e. The monoisotopic (exact) mass is 401 g/mol. The zero-order chi connectivity index (χ0) is 20.8. The molecule has 29 heavy (non-hydrogen) atoms. The number of carbonyl (C=O) groups excluding carboxylic acids is 1. The molecule has 4 aromatic rings. The summed E-state index contributed by atoms with van der Waals surface area (Å²) >= 11 is 0. The van der Waals surface area contributed by atoms with Crippen LogP contribution in [-0.4, -0.2) is 15.9 Å². The Hall–Kier alpha value is -3.75. The van der Waals surface area contributed by atoms with Crippen molar-refractivity contribution in [3.8, 4) is 0 Å². The molecule has 2 N–H and O–H groups in total. The zero-order valence-electron chi connectivity index (χ0n) is 14.5. The molecule has 146 valence electrons. The van der Waals surface area contributed by atoms with E-state index >= 15 is 0 Å². The number of rotatable bonds is 2. The highest BCUT2D eigenvalue weighted by Gasteiger charge is 2.33. The number of nitrogens with one attached hydrogen (secondary N) is 2. The number of aromatic nitrogens is 2. The summed E-state index contributed by atoms with van der Waals surface area (Å²) in [6, 6.07) is 8.40. The molecule has 0 saturated carbocycles. The number of pyridine rings is 2. The lowest BCUT2D eigenvalue weighted by Gasteiger charge is -2.11. The van der Waals surface area contributed by atoms with Crippen LogP contribution in [0.5, 0.6) is 0 Å². The van der Waals surface area contributed by atoms with Crippen LogP contribution in [-0.2, 0) is 6.18 Å². The molecule has 0 unspecified atom stereocenters. The summed E-state index contributed by atoms with van der Waals surface area (Å²) in [6.45, 7) is 0. The molecule has 0 fully saturated rings. The Morgan fingerprint density at radius 2 is 1.86 bits per heavy atom. The fourth-order valence-electron chi connectivity index (χ4n) is 3.07. The second-order valence-electron chi connectivity index (χ2n) is 6.23. The molecule has 0 spiro atoms. The maximum Gasteiger partial charge on any atom is 0.418 e. The minimum atomic E-state index is -4.66. The van der Waals surface area contributed by atoms with Crippen LogP contribution in [0.4, 0.5) is 23.2 Å². The standard InChI is InChI=1S/C20H11F4N3O2/c21-10-4-5-15-12(8-10)16(6-7-25-15)27-19(29)13-9-26-17-11(18(13)28)2-1-3-14(17)20(22,23)24/h1-9H,(H,26,28)(H,25,27,29). The minimum Gasteiger partial charge on any atom is -0.360 e. The van der Waals surface area contributed by atoms with Gasteiger partial charge in [0.25, 0.3) is 5.91 Å². The number of para-hydroxylation sites is 1. The molecule has 1 amide bonds. The zero-order valence-corrected chi connectivity index (χ0v) is 14.5. The molecule has 0 saturated heterocycles. The topological polar surface area (TPSA) is 74.8 Å². The van der Waals surface area contributed by atoms with Gasteiger partial charge in [-0.3, -0.25) is 14.6 Å². The van der Waals surface area contributed by atoms with Crippen LogP contribution in [0.3, 0.4) is 0 Å². The quantitative estimate of drug-likeness (QED) is 0.486. The molecule has 0 bridgehead atoms. The van der Waals surface area contributed by atoms with Crippen molar-refractivity contribution in [3.63, 3.8) is 0 Å². The lowest BCUT2D eigenvalue weighted by atomic mass is 10.1. The van der Waals surface area contributed by atoms with Crippen LogP contribution in [0.1, 0.15) is 15.9 Å². The van der Waals surface area contributed by atoms with Crippen molar-refractivity contribution >= 4 is 33.4 Å². The van der Waals surface area contributed by atoms with Gasteiger partial charge in [0.05, 0.1) is 22.3 Å². The number of fused-ring (bicyclic) bond motifs is 2. The first-order valence-electron chi connectivity index (χ1n) is 8.33. The third-order valence-electron chi connectivity index (χ3n) is 4.42. The Morgan fingerprint density at radius 3 is 2.62 bits per heavy atom. The average Bonchev–Trinajstić information content (AvgIpc) is 2.67. The third kappa shape index (κ3) is 3.31. The van der Waals surface area contributed by atoms with Crippen LogP contribution in [0.2, 0.25) is 0 Å². The predicted molar refractivity (Wildman–Crippen MR) is 99.2 cm³/mol. The summed E-state index contributed by atoms with van der Waals surface area (Å²) in [7, 11) is 0. The van der Waals surface area contributed by atoms with E-state index in [1.807, 2.05) is 0 Å². The molecule has 0 radical (unpaired) electrons. The minimum absolute atomic E-state index is 0.211. The number of H-pyrrole nitrogens is 1. The van der Waals surface area contributed by atoms with Crippen LogP contribution in [0, 0.1) is 5.82 Å². The summed E-state index contributed by atoms with van der Waals surface area (Å²) in [5.74, 6) is -1.38. The van der Waals surface area contributed by atoms with Crippen molar-refractivity contribution in [2.45, 2.75) is 6.18 Å². The number of aromatic amines is 1. The van der Waals surface area contributed by atoms with E-state index in [1.54, 1.807) is 0 Å². The van der Waals surface area contributed by atoms with Gasteiger partial charge in [-0.05, 0) is 36.4 Å². The van der Waals surface area contributed by atoms with Gasteiger partial charge in [-0.15, -0.1) is 0 Å². The van der Waals surface area contributed by atoms with Gasteiger partial charge < -0.3 is 10.3 Å². The number of halogens is 4. The highest BCUT2D eigenvalue weighted by molar-refractivity contribution is 6.09. The smallest absolute Gasteiger partial charge is 0.360 e. The highest BCUT2D eigenvalue weighted by Crippen LogP contribution is 2.33. The number of hydrogen-bond donors (Lipinski definition) is 2. The Labute approximate surface area is 160 Å². The molecule has 0 atom stereocenters. The highest BCUT2D eigenvalue weighted by atomic mass is 19.4. The van der Waals surface area contributed by atoms with E-state index in [9.17, 15) is 27.2 Å². The summed E-state index contributed by atoms with van der Waals surface area (Å²) < 4.78 is 53.0. The van der Waals surface area contributed by atoms with Crippen molar-refractivity contribution in [3.05, 3.63) is 82.0 Å². The number of carbonyl (C=O) groups is 1. The molecule has 2 heterocycles. The normalized spacial score (nSPS) is 11.7. The number of hydrogen-bond acceptors (Lipinski definition) is 3. The summed E-state index contributed by atoms with van der Waals surface area (Å²) in [5, 5.41) is 2.54. The maximum absolute atomic E-state index is 13.6. The molecule has 2 aromatic carbocycles. The van der Waals surface area contributed by atoms with Crippen molar-refractivity contribution in [2.75, 3.05) is 5.32 Å². The van der Waals surface area contributed by atoms with Gasteiger partial charge in [0.1, 0.15) is 11.4 Å². The van der Waals surface area contributed by atoms with E-state index in [-0.39, 0.29) is 16.6 Å². The summed E-state index contributed by atoms with van der Waals surface area (Å²) in [5.41, 5.74) is -2.01. The molecular weight excluding hydrogens is 390 g/mol. The van der Waals surface area contributed by atoms with Crippen LogP contribution in [0.15, 0.2) is 59.7 Å². The SMILES string of the molecule is O=C(Nc1ccnc2ccc(F)cc12)c1c[nH]c2c(C(F)(F)F)cccc2c1=O. The van der Waals surface area contributed by atoms with Gasteiger partial charge in [0.15, 0.2) is 0 Å². The second-order valence-corrected chi connectivity index (χ2v) is 6.23. The number of amides is 1. The Morgan fingerprint density at radius 1 is 1.07 bits per heavy atom. The van der Waals surface area contributed by atoms with E-state index in [2.05, 4.69) is 15.3 Å². The lowest BCUT2D eigenvalue weighted by molar-refractivity contribution is -0.136. The summed E-state index contributed by atoms with van der Waals surface area (Å²) in [6.07, 6.45) is -2.33. The molecule has 4 rings (SSSR count). The first-order chi connectivity index (χ1) is 13.8. The molecular formula is C20H11F4N3O2. The molecule has 0 aliphatic carbocycles. The maximum atomic E-state index is 13.6. The molecule has 0 aliphatic rings. The number of benzene rings is 2. The second kappa shape index (κ2) is 6.69. The first-order valence-corrected chi connectivity index (χ1v) is 8.33. The lowest BCUT2D eigenvalue weighted by Crippen LogP contribution is -2.22. The van der Waals surface area contributed by atoms with E-state index in [0.29, 0.717) is 10.9 Å². The Kier molecular flexibility index (Phi) is 4.30. The van der Waals surface area contributed by atoms with Crippen molar-refractivity contribution in [1.82, 2.24) is 9.97 Å². The molecule has 0 aliphatic heterocycles. The van der Waals surface area contributed by atoms with Gasteiger partial charge in [0, 0.05) is 23.2 Å². The Bertz CT molecular complexity index is 1330. The molecule has 9 heteroatoms. The van der Waals surface area contributed by atoms with E-state index < -0.39 is 34.4 Å². The average molecular weight is 401 g/mol. The molecule has 2 aromatic heterocycles. The Balaban J connectivity index is 1.78. The van der Waals surface area contributed by atoms with E-state index in [4.69, 9.17) is 0 Å². The van der Waals surface area contributed by atoms with Gasteiger partial charge in [0.2, 0.25) is 5.43 Å². The van der Waals surface area contributed by atoms with E-state index in [0.717, 1.165) is 18.3 Å². The van der Waals surface area contributed by atoms with Crippen molar-refractivity contribution in [2.24, 2.45) is 0 Å².